The first kappa shape index (κ1) is 15.2. The Morgan fingerprint density at radius 2 is 2.05 bits per heavy atom. The number of fused-ring (bicyclic) bond motifs is 1. The number of rotatable bonds is 5. The third-order valence-electron chi connectivity index (χ3n) is 4.27. The Labute approximate surface area is 122 Å². The maximum Gasteiger partial charge on any atom is 0.125 e. The third-order valence-corrected chi connectivity index (χ3v) is 4.27. The van der Waals surface area contributed by atoms with Gasteiger partial charge < -0.3 is 14.8 Å². The van der Waals surface area contributed by atoms with E-state index in [2.05, 4.69) is 31.3 Å². The highest BCUT2D eigenvalue weighted by atomic mass is 16.5. The van der Waals surface area contributed by atoms with Crippen molar-refractivity contribution in [2.45, 2.75) is 64.7 Å². The smallest absolute Gasteiger partial charge is 0.125 e. The van der Waals surface area contributed by atoms with Crippen molar-refractivity contribution in [3.05, 3.63) is 23.8 Å². The molecule has 20 heavy (non-hydrogen) atoms. The van der Waals surface area contributed by atoms with E-state index in [0.29, 0.717) is 6.04 Å². The van der Waals surface area contributed by atoms with Crippen LogP contribution in [0.2, 0.25) is 0 Å². The van der Waals surface area contributed by atoms with Crippen LogP contribution < -0.4 is 14.8 Å². The summed E-state index contributed by atoms with van der Waals surface area (Å²) in [5.41, 5.74) is 1.17. The summed E-state index contributed by atoms with van der Waals surface area (Å²) < 4.78 is 12.1. The summed E-state index contributed by atoms with van der Waals surface area (Å²) in [6, 6.07) is 6.50. The van der Waals surface area contributed by atoms with Crippen molar-refractivity contribution in [3.8, 4) is 11.5 Å². The molecule has 0 radical (unpaired) electrons. The first-order chi connectivity index (χ1) is 9.53. The summed E-state index contributed by atoms with van der Waals surface area (Å²) in [5.74, 6) is 1.92. The van der Waals surface area contributed by atoms with E-state index < -0.39 is 0 Å². The molecule has 1 aromatic carbocycles. The van der Waals surface area contributed by atoms with Gasteiger partial charge in [-0.2, -0.15) is 0 Å². The summed E-state index contributed by atoms with van der Waals surface area (Å²) in [6.45, 7) is 8.50. The molecule has 1 aliphatic heterocycles. The minimum atomic E-state index is -0.0406. The van der Waals surface area contributed by atoms with Crippen molar-refractivity contribution in [2.75, 3.05) is 7.05 Å². The highest BCUT2D eigenvalue weighted by Crippen LogP contribution is 2.43. The lowest BCUT2D eigenvalue weighted by atomic mass is 9.83. The van der Waals surface area contributed by atoms with Crippen LogP contribution in [0.5, 0.6) is 11.5 Å². The Morgan fingerprint density at radius 3 is 2.60 bits per heavy atom. The maximum absolute atomic E-state index is 6.31. The monoisotopic (exact) mass is 277 g/mol. The molecule has 1 aliphatic rings. The SMILES string of the molecule is CCC1(CC)CC(NC)c2cc(OC(C)C)ccc2O1. The Hall–Kier alpha value is -1.22. The predicted octanol–water partition coefficient (Wildman–Crippen LogP) is 4.08. The molecule has 0 amide bonds. The van der Waals surface area contributed by atoms with E-state index in [9.17, 15) is 0 Å². The standard InChI is InChI=1S/C17H27NO2/c1-6-17(7-2)11-15(18-5)14-10-13(19-12(3)4)8-9-16(14)20-17/h8-10,12,15,18H,6-7,11H2,1-5H3. The Balaban J connectivity index is 2.34. The quantitative estimate of drug-likeness (QED) is 0.880. The van der Waals surface area contributed by atoms with Gasteiger partial charge >= 0.3 is 0 Å². The Morgan fingerprint density at radius 1 is 1.35 bits per heavy atom. The highest BCUT2D eigenvalue weighted by molar-refractivity contribution is 5.44. The predicted molar refractivity (Wildman–Crippen MR) is 82.6 cm³/mol. The van der Waals surface area contributed by atoms with Crippen molar-refractivity contribution in [1.82, 2.24) is 5.32 Å². The molecule has 2 rings (SSSR count). The second-order valence-electron chi connectivity index (χ2n) is 5.90. The molecule has 0 saturated carbocycles. The van der Waals surface area contributed by atoms with E-state index in [1.165, 1.54) is 5.56 Å². The van der Waals surface area contributed by atoms with Crippen LogP contribution in [0, 0.1) is 0 Å². The summed E-state index contributed by atoms with van der Waals surface area (Å²) in [7, 11) is 2.02. The number of benzene rings is 1. The van der Waals surface area contributed by atoms with Crippen LogP contribution in [0.4, 0.5) is 0 Å². The van der Waals surface area contributed by atoms with E-state index in [-0.39, 0.29) is 11.7 Å². The zero-order valence-electron chi connectivity index (χ0n) is 13.3. The average Bonchev–Trinajstić information content (AvgIpc) is 2.45. The molecule has 1 N–H and O–H groups in total. The van der Waals surface area contributed by atoms with Crippen LogP contribution in [0.1, 0.15) is 58.6 Å². The second kappa shape index (κ2) is 6.04. The summed E-state index contributed by atoms with van der Waals surface area (Å²) in [4.78, 5) is 0. The molecule has 0 spiro atoms. The van der Waals surface area contributed by atoms with E-state index in [4.69, 9.17) is 9.47 Å². The fourth-order valence-electron chi connectivity index (χ4n) is 2.93. The Kier molecular flexibility index (Phi) is 4.59. The van der Waals surface area contributed by atoms with E-state index in [1.807, 2.05) is 27.0 Å². The molecule has 1 aromatic rings. The normalized spacial score (nSPS) is 20.4. The van der Waals surface area contributed by atoms with Crippen molar-refractivity contribution in [2.24, 2.45) is 0 Å². The van der Waals surface area contributed by atoms with Gasteiger partial charge in [-0.25, -0.2) is 0 Å². The van der Waals surface area contributed by atoms with E-state index in [0.717, 1.165) is 30.8 Å². The van der Waals surface area contributed by atoms with Gasteiger partial charge in [0.15, 0.2) is 0 Å². The third kappa shape index (κ3) is 2.93. The fraction of sp³-hybridized carbons (Fsp3) is 0.647. The molecule has 0 aliphatic carbocycles. The van der Waals surface area contributed by atoms with Gasteiger partial charge in [0.1, 0.15) is 17.1 Å². The lowest BCUT2D eigenvalue weighted by molar-refractivity contribution is 0.0237. The molecule has 1 heterocycles. The number of ether oxygens (including phenoxy) is 2. The van der Waals surface area contributed by atoms with Crippen molar-refractivity contribution in [3.63, 3.8) is 0 Å². The van der Waals surface area contributed by atoms with Crippen LogP contribution in [-0.2, 0) is 0 Å². The topological polar surface area (TPSA) is 30.5 Å². The van der Waals surface area contributed by atoms with Gasteiger partial charge in [-0.1, -0.05) is 13.8 Å². The van der Waals surface area contributed by atoms with Crippen LogP contribution in [0.3, 0.4) is 0 Å². The maximum atomic E-state index is 6.31. The van der Waals surface area contributed by atoms with Gasteiger partial charge in [0.25, 0.3) is 0 Å². The number of hydrogen-bond donors (Lipinski definition) is 1. The van der Waals surface area contributed by atoms with Crippen molar-refractivity contribution in [1.29, 1.82) is 0 Å². The molecule has 0 fully saturated rings. The molecular formula is C17H27NO2. The number of hydrogen-bond acceptors (Lipinski definition) is 3. The summed E-state index contributed by atoms with van der Waals surface area (Å²) >= 11 is 0. The summed E-state index contributed by atoms with van der Waals surface area (Å²) in [5, 5.41) is 3.43. The molecule has 3 nitrogen and oxygen atoms in total. The zero-order chi connectivity index (χ0) is 14.8. The fourth-order valence-corrected chi connectivity index (χ4v) is 2.93. The van der Waals surface area contributed by atoms with Crippen LogP contribution in [-0.4, -0.2) is 18.8 Å². The molecule has 1 atom stereocenters. The second-order valence-corrected chi connectivity index (χ2v) is 5.90. The molecule has 0 aromatic heterocycles. The van der Waals surface area contributed by atoms with Gasteiger partial charge in [-0.15, -0.1) is 0 Å². The van der Waals surface area contributed by atoms with Crippen LogP contribution in [0.15, 0.2) is 18.2 Å². The van der Waals surface area contributed by atoms with Crippen molar-refractivity contribution < 1.29 is 9.47 Å². The van der Waals surface area contributed by atoms with Crippen molar-refractivity contribution >= 4 is 0 Å². The first-order valence-corrected chi connectivity index (χ1v) is 7.70. The van der Waals surface area contributed by atoms with Gasteiger partial charge in [-0.05, 0) is 51.9 Å². The zero-order valence-corrected chi connectivity index (χ0v) is 13.3. The van der Waals surface area contributed by atoms with Gasteiger partial charge in [0.2, 0.25) is 0 Å². The molecule has 0 bridgehead atoms. The molecule has 112 valence electrons. The van der Waals surface area contributed by atoms with Gasteiger partial charge in [0, 0.05) is 18.0 Å². The summed E-state index contributed by atoms with van der Waals surface area (Å²) in [6.07, 6.45) is 3.27. The van der Waals surface area contributed by atoms with Gasteiger partial charge in [-0.3, -0.25) is 0 Å². The van der Waals surface area contributed by atoms with E-state index >= 15 is 0 Å². The molecule has 3 heteroatoms. The highest BCUT2D eigenvalue weighted by Gasteiger charge is 2.38. The largest absolute Gasteiger partial charge is 0.491 e. The minimum absolute atomic E-state index is 0.0406. The van der Waals surface area contributed by atoms with Crippen LogP contribution >= 0.6 is 0 Å². The molecule has 1 unspecified atom stereocenters. The molecular weight excluding hydrogens is 250 g/mol. The van der Waals surface area contributed by atoms with E-state index in [1.54, 1.807) is 0 Å². The first-order valence-electron chi connectivity index (χ1n) is 7.70. The van der Waals surface area contributed by atoms with Crippen LogP contribution in [0.25, 0.3) is 0 Å². The lowest BCUT2D eigenvalue weighted by Crippen LogP contribution is -2.42. The average molecular weight is 277 g/mol. The minimum Gasteiger partial charge on any atom is -0.491 e. The lowest BCUT2D eigenvalue weighted by Gasteiger charge is -2.41. The number of nitrogens with one attached hydrogen (secondary N) is 1. The van der Waals surface area contributed by atoms with Gasteiger partial charge in [0.05, 0.1) is 6.10 Å². The molecule has 0 saturated heterocycles. The Bertz CT molecular complexity index is 452.